The Balaban J connectivity index is 2.14. The highest BCUT2D eigenvalue weighted by Crippen LogP contribution is 2.28. The Bertz CT molecular complexity index is 409. The molecule has 2 heterocycles. The van der Waals surface area contributed by atoms with Crippen molar-refractivity contribution in [3.8, 4) is 0 Å². The summed E-state index contributed by atoms with van der Waals surface area (Å²) in [5.41, 5.74) is 3.71. The molecule has 2 rings (SSSR count). The van der Waals surface area contributed by atoms with E-state index in [9.17, 15) is 0 Å². The van der Waals surface area contributed by atoms with Crippen molar-refractivity contribution in [3.63, 3.8) is 0 Å². The van der Waals surface area contributed by atoms with E-state index in [1.54, 1.807) is 0 Å². The van der Waals surface area contributed by atoms with Crippen LogP contribution in [-0.2, 0) is 24.1 Å². The maximum Gasteiger partial charge on any atom is 0.0671 e. The van der Waals surface area contributed by atoms with Crippen molar-refractivity contribution in [3.05, 3.63) is 17.0 Å². The Labute approximate surface area is 121 Å². The molecule has 0 aliphatic carbocycles. The molecule has 108 valence electrons. The Kier molecular flexibility index (Phi) is 5.28. The van der Waals surface area contributed by atoms with Gasteiger partial charge in [-0.25, -0.2) is 0 Å². The van der Waals surface area contributed by atoms with E-state index in [1.165, 1.54) is 24.1 Å². The van der Waals surface area contributed by atoms with Crippen LogP contribution in [-0.4, -0.2) is 22.5 Å². The molecule has 0 spiro atoms. The second kappa shape index (κ2) is 6.76. The first-order valence-corrected chi connectivity index (χ1v) is 7.95. The molecule has 3 nitrogen and oxygen atoms in total. The highest BCUT2D eigenvalue weighted by atomic mass is 35.5. The lowest BCUT2D eigenvalue weighted by molar-refractivity contribution is 0.0992. The molecular formula is C15H25ClN2O. The number of aromatic nitrogens is 2. The summed E-state index contributed by atoms with van der Waals surface area (Å²) in [5.74, 6) is 0. The second-order valence-corrected chi connectivity index (χ2v) is 5.93. The zero-order chi connectivity index (χ0) is 13.8. The molecule has 1 aromatic heterocycles. The third kappa shape index (κ3) is 3.32. The molecule has 0 radical (unpaired) electrons. The highest BCUT2D eigenvalue weighted by molar-refractivity contribution is 6.20. The number of aryl methyl sites for hydroxylation is 2. The smallest absolute Gasteiger partial charge is 0.0671 e. The Morgan fingerprint density at radius 2 is 2.21 bits per heavy atom. The summed E-state index contributed by atoms with van der Waals surface area (Å²) >= 11 is 6.33. The van der Waals surface area contributed by atoms with Crippen LogP contribution in [0.4, 0.5) is 0 Å². The van der Waals surface area contributed by atoms with E-state index < -0.39 is 0 Å². The lowest BCUT2D eigenvalue weighted by Gasteiger charge is -2.12. The van der Waals surface area contributed by atoms with Gasteiger partial charge in [0.15, 0.2) is 0 Å². The van der Waals surface area contributed by atoms with Gasteiger partial charge in [0.1, 0.15) is 0 Å². The molecule has 0 bridgehead atoms. The minimum Gasteiger partial charge on any atom is -0.378 e. The summed E-state index contributed by atoms with van der Waals surface area (Å²) in [6.07, 6.45) is 5.83. The summed E-state index contributed by atoms with van der Waals surface area (Å²) in [6, 6.07) is 0. The van der Waals surface area contributed by atoms with Crippen molar-refractivity contribution >= 4 is 11.6 Å². The minimum absolute atomic E-state index is 0.0429. The number of ether oxygens (including phenoxy) is 1. The Hall–Kier alpha value is -0.540. The molecule has 19 heavy (non-hydrogen) atoms. The van der Waals surface area contributed by atoms with Crippen molar-refractivity contribution in [2.75, 3.05) is 6.61 Å². The van der Waals surface area contributed by atoms with Crippen LogP contribution in [0.25, 0.3) is 0 Å². The van der Waals surface area contributed by atoms with Gasteiger partial charge in [-0.3, -0.25) is 4.68 Å². The average Bonchev–Trinajstić information content (AvgIpc) is 3.02. The lowest BCUT2D eigenvalue weighted by Crippen LogP contribution is -2.13. The molecule has 2 atom stereocenters. The van der Waals surface area contributed by atoms with Crippen LogP contribution in [0.5, 0.6) is 0 Å². The average molecular weight is 285 g/mol. The zero-order valence-corrected chi connectivity index (χ0v) is 13.0. The monoisotopic (exact) mass is 284 g/mol. The van der Waals surface area contributed by atoms with Crippen LogP contribution in [0, 0.1) is 0 Å². The van der Waals surface area contributed by atoms with Crippen LogP contribution in [0.15, 0.2) is 0 Å². The first-order valence-electron chi connectivity index (χ1n) is 7.51. The number of hydrogen-bond donors (Lipinski definition) is 0. The number of alkyl halides is 1. The van der Waals surface area contributed by atoms with Crippen LogP contribution in [0.3, 0.4) is 0 Å². The topological polar surface area (TPSA) is 27.1 Å². The van der Waals surface area contributed by atoms with Crippen molar-refractivity contribution in [1.82, 2.24) is 9.78 Å². The maximum atomic E-state index is 6.33. The number of rotatable bonds is 6. The van der Waals surface area contributed by atoms with E-state index in [-0.39, 0.29) is 5.38 Å². The Morgan fingerprint density at radius 1 is 1.42 bits per heavy atom. The summed E-state index contributed by atoms with van der Waals surface area (Å²) in [4.78, 5) is 0. The minimum atomic E-state index is 0.0429. The molecule has 0 aromatic carbocycles. The van der Waals surface area contributed by atoms with Crippen molar-refractivity contribution in [1.29, 1.82) is 0 Å². The fraction of sp³-hybridized carbons (Fsp3) is 0.800. The molecule has 0 amide bonds. The predicted molar refractivity (Wildman–Crippen MR) is 78.8 cm³/mol. The maximum absolute atomic E-state index is 6.33. The standard InChI is InChI=1S/C15H25ClN2O/c1-4-13-15(11(3)16)14(5-2)18(17-13)9-8-12-7-6-10-19-12/h11-12H,4-10H2,1-3H3. The van der Waals surface area contributed by atoms with Gasteiger partial charge in [-0.15, -0.1) is 11.6 Å². The third-order valence-corrected chi connectivity index (χ3v) is 4.15. The number of nitrogens with zero attached hydrogens (tertiary/aromatic N) is 2. The van der Waals surface area contributed by atoms with Crippen LogP contribution in [0.2, 0.25) is 0 Å². The first kappa shape index (κ1) is 14.9. The lowest BCUT2D eigenvalue weighted by atomic mass is 10.1. The Morgan fingerprint density at radius 3 is 2.74 bits per heavy atom. The quantitative estimate of drug-likeness (QED) is 0.741. The summed E-state index contributed by atoms with van der Waals surface area (Å²) in [5, 5.41) is 4.80. The van der Waals surface area contributed by atoms with E-state index in [1.807, 2.05) is 6.92 Å². The summed E-state index contributed by atoms with van der Waals surface area (Å²) < 4.78 is 7.85. The van der Waals surface area contributed by atoms with Gasteiger partial charge in [-0.2, -0.15) is 5.10 Å². The van der Waals surface area contributed by atoms with E-state index in [4.69, 9.17) is 21.4 Å². The van der Waals surface area contributed by atoms with Gasteiger partial charge in [0.25, 0.3) is 0 Å². The van der Waals surface area contributed by atoms with Crippen molar-refractivity contribution < 1.29 is 4.74 Å². The SMILES string of the molecule is CCc1nn(CCC2CCCO2)c(CC)c1C(C)Cl. The van der Waals surface area contributed by atoms with E-state index in [0.717, 1.165) is 38.1 Å². The third-order valence-electron chi connectivity index (χ3n) is 3.93. The van der Waals surface area contributed by atoms with E-state index in [2.05, 4.69) is 18.5 Å². The van der Waals surface area contributed by atoms with Gasteiger partial charge in [0.05, 0.1) is 17.2 Å². The van der Waals surface area contributed by atoms with Gasteiger partial charge in [-0.1, -0.05) is 13.8 Å². The fourth-order valence-corrected chi connectivity index (χ4v) is 3.23. The van der Waals surface area contributed by atoms with Gasteiger partial charge in [0.2, 0.25) is 0 Å². The van der Waals surface area contributed by atoms with E-state index >= 15 is 0 Å². The molecule has 0 saturated carbocycles. The molecule has 4 heteroatoms. The normalized spacial score (nSPS) is 20.9. The predicted octanol–water partition coefficient (Wildman–Crippen LogP) is 3.88. The highest BCUT2D eigenvalue weighted by Gasteiger charge is 2.21. The van der Waals surface area contributed by atoms with Gasteiger partial charge in [0, 0.05) is 24.4 Å². The van der Waals surface area contributed by atoms with E-state index in [0.29, 0.717) is 6.10 Å². The zero-order valence-electron chi connectivity index (χ0n) is 12.3. The van der Waals surface area contributed by atoms with Gasteiger partial charge in [-0.05, 0) is 39.0 Å². The largest absolute Gasteiger partial charge is 0.378 e. The van der Waals surface area contributed by atoms with Gasteiger partial charge < -0.3 is 4.74 Å². The van der Waals surface area contributed by atoms with Crippen LogP contribution >= 0.6 is 11.6 Å². The molecule has 2 unspecified atom stereocenters. The van der Waals surface area contributed by atoms with Crippen LogP contribution < -0.4 is 0 Å². The summed E-state index contributed by atoms with van der Waals surface area (Å²) in [7, 11) is 0. The fourth-order valence-electron chi connectivity index (χ4n) is 2.98. The molecule has 1 saturated heterocycles. The van der Waals surface area contributed by atoms with Gasteiger partial charge >= 0.3 is 0 Å². The molecule has 0 N–H and O–H groups in total. The molecule has 1 aliphatic rings. The van der Waals surface area contributed by atoms with Crippen molar-refractivity contribution in [2.24, 2.45) is 0 Å². The molecular weight excluding hydrogens is 260 g/mol. The number of hydrogen-bond acceptors (Lipinski definition) is 2. The molecule has 1 aromatic rings. The van der Waals surface area contributed by atoms with Crippen molar-refractivity contribution in [2.45, 2.75) is 70.9 Å². The second-order valence-electron chi connectivity index (χ2n) is 5.28. The summed E-state index contributed by atoms with van der Waals surface area (Å²) in [6.45, 7) is 8.25. The number of halogens is 1. The molecule has 1 aliphatic heterocycles. The molecule has 1 fully saturated rings. The van der Waals surface area contributed by atoms with Crippen LogP contribution in [0.1, 0.15) is 62.4 Å². The first-order chi connectivity index (χ1) is 9.17.